The molecule has 0 saturated heterocycles. The summed E-state index contributed by atoms with van der Waals surface area (Å²) in [6.07, 6.45) is 1.85. The van der Waals surface area contributed by atoms with Crippen LogP contribution in [0.15, 0.2) is 18.3 Å². The molecule has 0 bridgehead atoms. The first-order valence-electron chi connectivity index (χ1n) is 8.48. The summed E-state index contributed by atoms with van der Waals surface area (Å²) in [5, 5.41) is 4.99. The Balaban J connectivity index is 2.33. The lowest BCUT2D eigenvalue weighted by Crippen LogP contribution is -2.33. The monoisotopic (exact) mass is 397 g/mol. The lowest BCUT2D eigenvalue weighted by atomic mass is 10.0. The lowest BCUT2D eigenvalue weighted by molar-refractivity contribution is -0.142. The van der Waals surface area contributed by atoms with E-state index in [1.807, 2.05) is 19.1 Å². The summed E-state index contributed by atoms with van der Waals surface area (Å²) >= 11 is 0. The van der Waals surface area contributed by atoms with E-state index in [9.17, 15) is 13.2 Å². The van der Waals surface area contributed by atoms with Gasteiger partial charge in [-0.05, 0) is 36.6 Å². The molecule has 0 aliphatic carbocycles. The van der Waals surface area contributed by atoms with E-state index in [2.05, 4.69) is 29.5 Å². The minimum Gasteiger partial charge on any atom is -0.468 e. The molecular formula is C17H27N3O4SSi. The van der Waals surface area contributed by atoms with Gasteiger partial charge in [-0.2, -0.15) is 9.19 Å². The molecule has 0 radical (unpaired) electrons. The fraction of sp³-hybridized carbons (Fsp3) is 0.529. The number of fused-ring (bicyclic) bond motifs is 1. The zero-order valence-corrected chi connectivity index (χ0v) is 17.8. The molecule has 26 heavy (non-hydrogen) atoms. The van der Waals surface area contributed by atoms with Gasteiger partial charge in [0.2, 0.25) is 0 Å². The van der Waals surface area contributed by atoms with Gasteiger partial charge >= 0.3 is 5.97 Å². The van der Waals surface area contributed by atoms with Crippen molar-refractivity contribution in [3.8, 4) is 0 Å². The van der Waals surface area contributed by atoms with Gasteiger partial charge in [0, 0.05) is 13.5 Å². The van der Waals surface area contributed by atoms with Crippen molar-refractivity contribution < 1.29 is 17.9 Å². The van der Waals surface area contributed by atoms with E-state index in [4.69, 9.17) is 5.73 Å². The number of esters is 1. The van der Waals surface area contributed by atoms with E-state index in [0.29, 0.717) is 23.4 Å². The van der Waals surface area contributed by atoms with Gasteiger partial charge in [0.1, 0.15) is 6.04 Å². The smallest absolute Gasteiger partial charge is 0.322 e. The molecule has 2 rings (SSSR count). The third-order valence-electron chi connectivity index (χ3n) is 4.19. The number of nitrogens with zero attached hydrogens (tertiary/aromatic N) is 2. The second kappa shape index (κ2) is 7.49. The number of aromatic nitrogens is 2. The highest BCUT2D eigenvalue weighted by atomic mass is 32.2. The quantitative estimate of drug-likeness (QED) is 0.565. The summed E-state index contributed by atoms with van der Waals surface area (Å²) in [4.78, 5) is 11.5. The Morgan fingerprint density at radius 1 is 1.35 bits per heavy atom. The number of rotatable bonds is 7. The average molecular weight is 398 g/mol. The van der Waals surface area contributed by atoms with Crippen molar-refractivity contribution in [1.82, 2.24) is 9.19 Å². The molecule has 0 saturated carbocycles. The maximum atomic E-state index is 12.6. The van der Waals surface area contributed by atoms with Gasteiger partial charge in [-0.1, -0.05) is 25.7 Å². The van der Waals surface area contributed by atoms with Crippen LogP contribution in [0, 0.1) is 6.92 Å². The fourth-order valence-electron chi connectivity index (χ4n) is 2.64. The van der Waals surface area contributed by atoms with E-state index >= 15 is 0 Å². The minimum atomic E-state index is -3.48. The molecule has 9 heteroatoms. The summed E-state index contributed by atoms with van der Waals surface area (Å²) in [6, 6.07) is 3.62. The molecule has 1 unspecified atom stereocenters. The molecule has 1 heterocycles. The Kier molecular flexibility index (Phi) is 5.94. The van der Waals surface area contributed by atoms with Crippen LogP contribution in [0.4, 0.5) is 0 Å². The van der Waals surface area contributed by atoms with Gasteiger partial charge in [-0.3, -0.25) is 4.79 Å². The van der Waals surface area contributed by atoms with Crippen LogP contribution in [0.2, 0.25) is 25.7 Å². The number of benzene rings is 1. The number of ether oxygens (including phenoxy) is 1. The first kappa shape index (κ1) is 20.6. The maximum Gasteiger partial charge on any atom is 0.322 e. The van der Waals surface area contributed by atoms with Gasteiger partial charge in [0.25, 0.3) is 10.0 Å². The number of carbonyl (C=O) groups is 1. The zero-order chi connectivity index (χ0) is 19.7. The van der Waals surface area contributed by atoms with Crippen LogP contribution < -0.4 is 5.73 Å². The highest BCUT2D eigenvalue weighted by Crippen LogP contribution is 2.22. The summed E-state index contributed by atoms with van der Waals surface area (Å²) in [7, 11) is -3.66. The van der Waals surface area contributed by atoms with E-state index in [1.54, 1.807) is 0 Å². The summed E-state index contributed by atoms with van der Waals surface area (Å²) < 4.78 is 30.9. The first-order chi connectivity index (χ1) is 11.9. The van der Waals surface area contributed by atoms with E-state index in [1.165, 1.54) is 13.3 Å². The molecule has 1 atom stereocenters. The number of carbonyl (C=O) groups excluding carboxylic acids is 1. The third kappa shape index (κ3) is 4.92. The normalized spacial score (nSPS) is 13.8. The van der Waals surface area contributed by atoms with Crippen LogP contribution >= 0.6 is 0 Å². The number of hydrogen-bond donors (Lipinski definition) is 1. The van der Waals surface area contributed by atoms with Crippen molar-refractivity contribution in [3.05, 3.63) is 29.5 Å². The molecule has 144 valence electrons. The molecule has 2 aromatic rings. The molecule has 1 aromatic heterocycles. The summed E-state index contributed by atoms with van der Waals surface area (Å²) in [5.74, 6) is -0.386. The lowest BCUT2D eigenvalue weighted by Gasteiger charge is -2.15. The van der Waals surface area contributed by atoms with Crippen LogP contribution in [0.3, 0.4) is 0 Å². The Bertz CT molecular complexity index is 916. The second-order valence-corrected chi connectivity index (χ2v) is 15.4. The van der Waals surface area contributed by atoms with Gasteiger partial charge in [-0.15, -0.1) is 0 Å². The van der Waals surface area contributed by atoms with Crippen molar-refractivity contribution >= 4 is 35.0 Å². The average Bonchev–Trinajstić information content (AvgIpc) is 2.97. The molecule has 0 aliphatic heterocycles. The van der Waals surface area contributed by atoms with Gasteiger partial charge in [0.05, 0.1) is 24.6 Å². The second-order valence-electron chi connectivity index (χ2n) is 7.81. The Hall–Kier alpha value is -1.71. The first-order valence-corrected chi connectivity index (χ1v) is 13.8. The van der Waals surface area contributed by atoms with Gasteiger partial charge in [0.15, 0.2) is 0 Å². The highest BCUT2D eigenvalue weighted by Gasteiger charge is 2.22. The Labute approximate surface area is 155 Å². The summed E-state index contributed by atoms with van der Waals surface area (Å²) in [6.45, 7) is 8.29. The Morgan fingerprint density at radius 3 is 2.58 bits per heavy atom. The predicted octanol–water partition coefficient (Wildman–Crippen LogP) is 1.90. The molecular weight excluding hydrogens is 370 g/mol. The van der Waals surface area contributed by atoms with E-state index in [0.717, 1.165) is 15.2 Å². The number of nitrogens with two attached hydrogens (primary N) is 1. The minimum absolute atomic E-state index is 0.0931. The van der Waals surface area contributed by atoms with Crippen LogP contribution in [0.1, 0.15) is 11.1 Å². The van der Waals surface area contributed by atoms with Crippen molar-refractivity contribution in [3.63, 3.8) is 0 Å². The van der Waals surface area contributed by atoms with E-state index < -0.39 is 30.1 Å². The maximum absolute atomic E-state index is 12.6. The number of aryl methyl sites for hydroxylation is 1. The van der Waals surface area contributed by atoms with Crippen molar-refractivity contribution in [2.45, 2.75) is 45.1 Å². The molecule has 0 aliphatic rings. The zero-order valence-electron chi connectivity index (χ0n) is 15.9. The van der Waals surface area contributed by atoms with Crippen molar-refractivity contribution in [2.75, 3.05) is 12.9 Å². The predicted molar refractivity (Wildman–Crippen MR) is 106 cm³/mol. The summed E-state index contributed by atoms with van der Waals surface area (Å²) in [5.41, 5.74) is 8.14. The molecule has 0 fully saturated rings. The van der Waals surface area contributed by atoms with Crippen LogP contribution in [0.25, 0.3) is 10.9 Å². The van der Waals surface area contributed by atoms with E-state index in [-0.39, 0.29) is 5.75 Å². The van der Waals surface area contributed by atoms with Crippen LogP contribution in [-0.2, 0) is 26.0 Å². The molecule has 2 N–H and O–H groups in total. The molecule has 0 spiro atoms. The highest BCUT2D eigenvalue weighted by molar-refractivity contribution is 7.89. The molecule has 0 amide bonds. The molecule has 1 aromatic carbocycles. The topological polar surface area (TPSA) is 104 Å². The Morgan fingerprint density at radius 2 is 2.00 bits per heavy atom. The van der Waals surface area contributed by atoms with Crippen LogP contribution in [0.5, 0.6) is 0 Å². The largest absolute Gasteiger partial charge is 0.468 e. The number of methoxy groups -OCH3 is 1. The fourth-order valence-corrected chi connectivity index (χ4v) is 6.79. The van der Waals surface area contributed by atoms with Gasteiger partial charge < -0.3 is 10.5 Å². The van der Waals surface area contributed by atoms with Crippen molar-refractivity contribution in [2.24, 2.45) is 5.73 Å². The van der Waals surface area contributed by atoms with Gasteiger partial charge in [-0.25, -0.2) is 8.42 Å². The number of hydrogen-bond acceptors (Lipinski definition) is 6. The SMILES string of the molecule is COC(=O)C(N)Cc1cc(C)c2nn(S(=O)(=O)CC[Si](C)(C)C)cc2c1. The standard InChI is InChI=1S/C17H27N3O4SSi/c1-12-8-13(10-15(18)17(21)24-2)9-14-11-20(19-16(12)14)25(22,23)6-7-26(3,4)5/h8-9,11,15H,6-7,10,18H2,1-5H3. The van der Waals surface area contributed by atoms with Crippen LogP contribution in [-0.4, -0.2) is 50.6 Å². The van der Waals surface area contributed by atoms with Crippen molar-refractivity contribution in [1.29, 1.82) is 0 Å². The third-order valence-corrected chi connectivity index (χ3v) is 7.78. The molecule has 7 nitrogen and oxygen atoms in total.